The van der Waals surface area contributed by atoms with Gasteiger partial charge in [0, 0.05) is 37.0 Å². The summed E-state index contributed by atoms with van der Waals surface area (Å²) in [7, 11) is 0. The molecular weight excluding hydrogens is 591 g/mol. The maximum absolute atomic E-state index is 14.2. The van der Waals surface area contributed by atoms with E-state index >= 15 is 0 Å². The molecule has 2 aromatic heterocycles. The highest BCUT2D eigenvalue weighted by atomic mass is 19.1. The van der Waals surface area contributed by atoms with Crippen molar-refractivity contribution in [1.29, 1.82) is 0 Å². The van der Waals surface area contributed by atoms with Crippen molar-refractivity contribution < 1.29 is 32.9 Å². The number of carbonyl (C=O) groups is 1. The molecule has 0 spiro atoms. The van der Waals surface area contributed by atoms with Crippen LogP contribution in [-0.4, -0.2) is 64.2 Å². The number of piperidine rings is 1. The van der Waals surface area contributed by atoms with Gasteiger partial charge in [-0.3, -0.25) is 0 Å². The van der Waals surface area contributed by atoms with Crippen LogP contribution in [0, 0.1) is 12.7 Å². The van der Waals surface area contributed by atoms with Crippen LogP contribution in [0.1, 0.15) is 102 Å². The van der Waals surface area contributed by atoms with E-state index in [1.54, 1.807) is 17.5 Å². The van der Waals surface area contributed by atoms with Gasteiger partial charge < -0.3 is 28.6 Å². The van der Waals surface area contributed by atoms with Gasteiger partial charge in [-0.05, 0) is 98.8 Å². The maximum atomic E-state index is 14.2. The van der Waals surface area contributed by atoms with Gasteiger partial charge >= 0.3 is 5.97 Å². The summed E-state index contributed by atoms with van der Waals surface area (Å²) in [5.74, 6) is 0.552. The Labute approximate surface area is 271 Å². The summed E-state index contributed by atoms with van der Waals surface area (Å²) in [5.41, 5.74) is 2.32. The van der Waals surface area contributed by atoms with Crippen LogP contribution in [0.25, 0.3) is 5.65 Å². The molecule has 0 N–H and O–H groups in total. The smallest absolute Gasteiger partial charge is 0.340 e. The van der Waals surface area contributed by atoms with Crippen LogP contribution in [0.15, 0.2) is 24.3 Å². The number of fused-ring (bicyclic) bond motifs is 10. The molecule has 0 radical (unpaired) electrons. The Bertz CT molecular complexity index is 1510. The summed E-state index contributed by atoms with van der Waals surface area (Å²) in [5, 5.41) is 4.93. The van der Waals surface area contributed by atoms with Crippen molar-refractivity contribution >= 4 is 17.4 Å². The average Bonchev–Trinajstić information content (AvgIpc) is 3.38. The van der Waals surface area contributed by atoms with Gasteiger partial charge in [-0.25, -0.2) is 14.2 Å². The first-order valence-corrected chi connectivity index (χ1v) is 16.5. The molecular formula is C35H49FN4O6. The van der Waals surface area contributed by atoms with Crippen LogP contribution in [0.3, 0.4) is 0 Å². The molecule has 3 aliphatic heterocycles. The molecule has 0 saturated carbocycles. The normalized spacial score (nSPS) is 22.3. The van der Waals surface area contributed by atoms with E-state index in [4.69, 9.17) is 33.8 Å². The van der Waals surface area contributed by atoms with E-state index in [0.29, 0.717) is 53.6 Å². The Kier molecular flexibility index (Phi) is 10.5. The molecule has 0 amide bonds. The second-order valence-corrected chi connectivity index (χ2v) is 13.7. The quantitative estimate of drug-likeness (QED) is 0.291. The number of hydrogen-bond acceptors (Lipinski definition) is 9. The molecule has 252 valence electrons. The third kappa shape index (κ3) is 8.16. The van der Waals surface area contributed by atoms with Crippen LogP contribution >= 0.6 is 0 Å². The Morgan fingerprint density at radius 3 is 2.65 bits per heavy atom. The van der Waals surface area contributed by atoms with Gasteiger partial charge in [0.05, 0.1) is 48.4 Å². The molecule has 4 bridgehead atoms. The number of ether oxygens (including phenoxy) is 5. The molecule has 2 unspecified atom stereocenters. The molecule has 1 fully saturated rings. The molecule has 11 heteroatoms. The van der Waals surface area contributed by atoms with Gasteiger partial charge in [0.25, 0.3) is 0 Å². The van der Waals surface area contributed by atoms with Crippen molar-refractivity contribution in [3.05, 3.63) is 52.6 Å². The topological polar surface area (TPSA) is 96.7 Å². The Morgan fingerprint density at radius 2 is 1.93 bits per heavy atom. The number of carbonyl (C=O) groups excluding carboxylic acids is 1. The SMILES string of the molecule is CCOC(=O)C(OC(C)(C)C)c1c(C)nc2cc3nn2c1N1CCC(C)(CC1)OCCCCC(C)Oc1ccc(F)cc1COC3. The third-order valence-corrected chi connectivity index (χ3v) is 8.52. The number of anilines is 1. The van der Waals surface area contributed by atoms with Crippen molar-refractivity contribution in [1.82, 2.24) is 14.6 Å². The van der Waals surface area contributed by atoms with Gasteiger partial charge in [0.2, 0.25) is 0 Å². The van der Waals surface area contributed by atoms with Crippen LogP contribution in [0.2, 0.25) is 0 Å². The number of nitrogens with zero attached hydrogens (tertiary/aromatic N) is 4. The van der Waals surface area contributed by atoms with Crippen molar-refractivity contribution in [2.45, 2.75) is 117 Å². The highest BCUT2D eigenvalue weighted by Crippen LogP contribution is 2.38. The van der Waals surface area contributed by atoms with E-state index in [9.17, 15) is 9.18 Å². The van der Waals surface area contributed by atoms with E-state index in [2.05, 4.69) is 11.8 Å². The summed E-state index contributed by atoms with van der Waals surface area (Å²) >= 11 is 0. The molecule has 1 aromatic carbocycles. The fourth-order valence-electron chi connectivity index (χ4n) is 6.15. The van der Waals surface area contributed by atoms with Crippen molar-refractivity contribution in [3.63, 3.8) is 0 Å². The molecule has 6 rings (SSSR count). The third-order valence-electron chi connectivity index (χ3n) is 8.52. The van der Waals surface area contributed by atoms with Crippen LogP contribution < -0.4 is 9.64 Å². The molecule has 46 heavy (non-hydrogen) atoms. The van der Waals surface area contributed by atoms with Crippen molar-refractivity contribution in [2.24, 2.45) is 0 Å². The first-order chi connectivity index (χ1) is 21.9. The fraction of sp³-hybridized carbons (Fsp3) is 0.629. The number of aryl methyl sites for hydroxylation is 1. The van der Waals surface area contributed by atoms with Crippen LogP contribution in [0.4, 0.5) is 10.2 Å². The van der Waals surface area contributed by atoms with Gasteiger partial charge in [0.1, 0.15) is 17.4 Å². The number of hydrogen-bond donors (Lipinski definition) is 0. The Morgan fingerprint density at radius 1 is 1.17 bits per heavy atom. The number of aromatic nitrogens is 3. The van der Waals surface area contributed by atoms with E-state index < -0.39 is 17.7 Å². The zero-order valence-corrected chi connectivity index (χ0v) is 28.4. The number of esters is 1. The van der Waals surface area contributed by atoms with E-state index in [-0.39, 0.29) is 37.3 Å². The molecule has 0 aliphatic carbocycles. The highest BCUT2D eigenvalue weighted by molar-refractivity contribution is 5.80. The zero-order valence-electron chi connectivity index (χ0n) is 28.4. The number of benzene rings is 1. The maximum Gasteiger partial charge on any atom is 0.340 e. The summed E-state index contributed by atoms with van der Waals surface area (Å²) in [4.78, 5) is 20.6. The predicted molar refractivity (Wildman–Crippen MR) is 173 cm³/mol. The highest BCUT2D eigenvalue weighted by Gasteiger charge is 2.38. The molecule has 3 aliphatic rings. The van der Waals surface area contributed by atoms with Crippen LogP contribution in [0.5, 0.6) is 5.75 Å². The van der Waals surface area contributed by atoms with Gasteiger partial charge in [-0.15, -0.1) is 0 Å². The van der Waals surface area contributed by atoms with E-state index in [0.717, 1.165) is 37.9 Å². The molecule has 2 atom stereocenters. The molecule has 3 aromatic rings. The lowest BCUT2D eigenvalue weighted by atomic mass is 9.92. The van der Waals surface area contributed by atoms with Gasteiger partial charge in [-0.2, -0.15) is 9.61 Å². The Balaban J connectivity index is 1.57. The monoisotopic (exact) mass is 640 g/mol. The fourth-order valence-corrected chi connectivity index (χ4v) is 6.15. The lowest BCUT2D eigenvalue weighted by molar-refractivity contribution is -0.166. The summed E-state index contributed by atoms with van der Waals surface area (Å²) < 4.78 is 46.7. The lowest BCUT2D eigenvalue weighted by Gasteiger charge is -2.41. The standard InChI is InChI=1S/C35H49FN4O6/c1-8-43-33(41)31(46-34(4,5)6)30-24(3)37-29-20-27-22-42-21-25-19-26(36)12-13-28(25)45-23(2)11-9-10-18-44-35(7)14-16-39(17-15-35)32(30)40(29)38-27/h12-13,19-20,23,31H,8-11,14-18,21-22H2,1-7H3. The van der Waals surface area contributed by atoms with Gasteiger partial charge in [-0.1, -0.05) is 0 Å². The predicted octanol–water partition coefficient (Wildman–Crippen LogP) is 6.64. The minimum atomic E-state index is -1.00. The van der Waals surface area contributed by atoms with Crippen molar-refractivity contribution in [3.8, 4) is 5.75 Å². The summed E-state index contributed by atoms with van der Waals surface area (Å²) in [6.07, 6.45) is 3.32. The lowest BCUT2D eigenvalue weighted by Crippen LogP contribution is -2.46. The second-order valence-electron chi connectivity index (χ2n) is 13.7. The van der Waals surface area contributed by atoms with Crippen LogP contribution in [-0.2, 0) is 37.0 Å². The minimum Gasteiger partial charge on any atom is -0.490 e. The number of rotatable bonds is 4. The van der Waals surface area contributed by atoms with E-state index in [1.165, 1.54) is 12.1 Å². The Hall–Kier alpha value is -3.28. The first-order valence-electron chi connectivity index (χ1n) is 16.5. The second kappa shape index (κ2) is 14.2. The zero-order chi connectivity index (χ0) is 33.1. The van der Waals surface area contributed by atoms with E-state index in [1.807, 2.05) is 40.7 Å². The molecule has 5 heterocycles. The number of halogens is 1. The largest absolute Gasteiger partial charge is 0.490 e. The van der Waals surface area contributed by atoms with Crippen molar-refractivity contribution in [2.75, 3.05) is 31.2 Å². The summed E-state index contributed by atoms with van der Waals surface area (Å²) in [6.45, 7) is 16.3. The first kappa shape index (κ1) is 34.1. The molecule has 10 nitrogen and oxygen atoms in total. The van der Waals surface area contributed by atoms with Gasteiger partial charge in [0.15, 0.2) is 11.8 Å². The average molecular weight is 641 g/mol. The summed E-state index contributed by atoms with van der Waals surface area (Å²) in [6, 6.07) is 6.41. The minimum absolute atomic E-state index is 0.0327. The molecule has 1 saturated heterocycles.